The van der Waals surface area contributed by atoms with Crippen molar-refractivity contribution in [3.8, 4) is 0 Å². The Hall–Kier alpha value is -0.330. The van der Waals surface area contributed by atoms with Crippen molar-refractivity contribution in [2.24, 2.45) is 5.92 Å². The summed E-state index contributed by atoms with van der Waals surface area (Å²) in [6.45, 7) is 8.46. The summed E-state index contributed by atoms with van der Waals surface area (Å²) in [5.41, 5.74) is 0.870. The SMILES string of the molecule is C[C](C)CC(=N)CC(C)C. The topological polar surface area (TPSA) is 23.9 Å². The largest absolute Gasteiger partial charge is 0.310 e. The van der Waals surface area contributed by atoms with E-state index < -0.39 is 0 Å². The van der Waals surface area contributed by atoms with Crippen molar-refractivity contribution < 1.29 is 0 Å². The number of rotatable bonds is 4. The molecule has 0 bridgehead atoms. The van der Waals surface area contributed by atoms with E-state index in [0.29, 0.717) is 5.92 Å². The molecule has 10 heavy (non-hydrogen) atoms. The van der Waals surface area contributed by atoms with Gasteiger partial charge < -0.3 is 5.41 Å². The number of hydrogen-bond donors (Lipinski definition) is 1. The van der Waals surface area contributed by atoms with E-state index in [0.717, 1.165) is 18.6 Å². The van der Waals surface area contributed by atoms with Gasteiger partial charge in [0.05, 0.1) is 0 Å². The first-order chi connectivity index (χ1) is 4.52. The zero-order chi connectivity index (χ0) is 8.15. The zero-order valence-corrected chi connectivity index (χ0v) is 7.49. The molecule has 0 fully saturated rings. The van der Waals surface area contributed by atoms with Crippen molar-refractivity contribution in [2.45, 2.75) is 40.5 Å². The van der Waals surface area contributed by atoms with E-state index in [2.05, 4.69) is 27.7 Å². The molecule has 0 aliphatic heterocycles. The Balaban J connectivity index is 3.44. The van der Waals surface area contributed by atoms with Crippen LogP contribution in [0, 0.1) is 17.2 Å². The van der Waals surface area contributed by atoms with Crippen LogP contribution < -0.4 is 0 Å². The summed E-state index contributed by atoms with van der Waals surface area (Å²) in [6, 6.07) is 0. The quantitative estimate of drug-likeness (QED) is 0.580. The second-order valence-electron chi connectivity index (χ2n) is 3.59. The molecule has 0 unspecified atom stereocenters. The van der Waals surface area contributed by atoms with Gasteiger partial charge >= 0.3 is 0 Å². The molecule has 0 aliphatic rings. The smallest absolute Gasteiger partial charge is 0.00972 e. The van der Waals surface area contributed by atoms with Crippen molar-refractivity contribution in [2.75, 3.05) is 0 Å². The van der Waals surface area contributed by atoms with E-state index >= 15 is 0 Å². The maximum Gasteiger partial charge on any atom is 0.00972 e. The molecule has 0 aliphatic carbocycles. The van der Waals surface area contributed by atoms with Crippen molar-refractivity contribution in [1.29, 1.82) is 5.41 Å². The lowest BCUT2D eigenvalue weighted by atomic mass is 9.99. The zero-order valence-electron chi connectivity index (χ0n) is 7.49. The molecule has 0 rings (SSSR count). The Morgan fingerprint density at radius 2 is 1.80 bits per heavy atom. The Labute approximate surface area is 64.3 Å². The molecule has 0 amide bonds. The van der Waals surface area contributed by atoms with Crippen LogP contribution in [0.5, 0.6) is 0 Å². The summed E-state index contributed by atoms with van der Waals surface area (Å²) in [5.74, 6) is 1.97. The van der Waals surface area contributed by atoms with Gasteiger partial charge in [-0.2, -0.15) is 0 Å². The predicted octanol–water partition coefficient (Wildman–Crippen LogP) is 3.06. The van der Waals surface area contributed by atoms with E-state index in [1.807, 2.05) is 0 Å². The summed E-state index contributed by atoms with van der Waals surface area (Å²) >= 11 is 0. The number of nitrogens with one attached hydrogen (secondary N) is 1. The van der Waals surface area contributed by atoms with E-state index in [9.17, 15) is 0 Å². The van der Waals surface area contributed by atoms with Crippen molar-refractivity contribution in [1.82, 2.24) is 0 Å². The van der Waals surface area contributed by atoms with Gasteiger partial charge in [-0.15, -0.1) is 0 Å². The molecule has 0 aromatic carbocycles. The van der Waals surface area contributed by atoms with E-state index in [1.165, 1.54) is 5.92 Å². The Morgan fingerprint density at radius 3 is 2.10 bits per heavy atom. The van der Waals surface area contributed by atoms with Crippen molar-refractivity contribution in [3.63, 3.8) is 0 Å². The van der Waals surface area contributed by atoms with Gasteiger partial charge in [-0.25, -0.2) is 0 Å². The second-order valence-corrected chi connectivity index (χ2v) is 3.59. The fourth-order valence-corrected chi connectivity index (χ4v) is 0.992. The molecule has 59 valence electrons. The van der Waals surface area contributed by atoms with Crippen molar-refractivity contribution in [3.05, 3.63) is 5.92 Å². The highest BCUT2D eigenvalue weighted by atomic mass is 14.4. The third-order valence-electron chi connectivity index (χ3n) is 1.22. The molecule has 1 radical (unpaired) electrons. The molecule has 1 heteroatoms. The van der Waals surface area contributed by atoms with Crippen LogP contribution in [0.1, 0.15) is 40.5 Å². The van der Waals surface area contributed by atoms with Crippen LogP contribution in [0.15, 0.2) is 0 Å². The molecule has 0 saturated heterocycles. The molecular weight excluding hydrogens is 122 g/mol. The highest BCUT2D eigenvalue weighted by Crippen LogP contribution is 2.09. The molecular formula is C9H18N. The second kappa shape index (κ2) is 4.48. The molecule has 0 atom stereocenters. The van der Waals surface area contributed by atoms with E-state index in [4.69, 9.17) is 5.41 Å². The summed E-state index contributed by atoms with van der Waals surface area (Å²) in [7, 11) is 0. The van der Waals surface area contributed by atoms with E-state index in [1.54, 1.807) is 0 Å². The van der Waals surface area contributed by atoms with Gasteiger partial charge in [0.15, 0.2) is 0 Å². The predicted molar refractivity (Wildman–Crippen MR) is 46.4 cm³/mol. The summed E-state index contributed by atoms with van der Waals surface area (Å²) in [5, 5.41) is 7.53. The maximum absolute atomic E-state index is 7.53. The Morgan fingerprint density at radius 1 is 1.30 bits per heavy atom. The lowest BCUT2D eigenvalue weighted by Gasteiger charge is -2.07. The van der Waals surface area contributed by atoms with Gasteiger partial charge in [-0.3, -0.25) is 0 Å². The average molecular weight is 140 g/mol. The lowest BCUT2D eigenvalue weighted by molar-refractivity contribution is 0.674. The van der Waals surface area contributed by atoms with Gasteiger partial charge in [0.25, 0.3) is 0 Å². The molecule has 0 saturated carbocycles. The highest BCUT2D eigenvalue weighted by Gasteiger charge is 2.02. The average Bonchev–Trinajstić information content (AvgIpc) is 1.58. The van der Waals surface area contributed by atoms with Crippen LogP contribution in [0.3, 0.4) is 0 Å². The fourth-order valence-electron chi connectivity index (χ4n) is 0.992. The number of hydrogen-bond acceptors (Lipinski definition) is 1. The summed E-state index contributed by atoms with van der Waals surface area (Å²) in [4.78, 5) is 0. The van der Waals surface area contributed by atoms with Gasteiger partial charge in [0, 0.05) is 5.71 Å². The minimum absolute atomic E-state index is 0.631. The monoisotopic (exact) mass is 140 g/mol. The van der Waals surface area contributed by atoms with Crippen molar-refractivity contribution >= 4 is 5.71 Å². The molecule has 1 nitrogen and oxygen atoms in total. The minimum atomic E-state index is 0.631. The highest BCUT2D eigenvalue weighted by molar-refractivity contribution is 5.82. The normalized spacial score (nSPS) is 11.0. The first kappa shape index (κ1) is 9.67. The molecule has 0 heterocycles. The van der Waals surface area contributed by atoms with Gasteiger partial charge in [-0.1, -0.05) is 27.7 Å². The Kier molecular flexibility index (Phi) is 4.33. The maximum atomic E-state index is 7.53. The van der Waals surface area contributed by atoms with Crippen LogP contribution >= 0.6 is 0 Å². The lowest BCUT2D eigenvalue weighted by Crippen LogP contribution is -2.03. The van der Waals surface area contributed by atoms with Crippen LogP contribution in [-0.2, 0) is 0 Å². The van der Waals surface area contributed by atoms with Crippen LogP contribution in [0.4, 0.5) is 0 Å². The standard InChI is InChI=1S/C9H18N/c1-7(2)5-9(10)6-8(3)4/h7,10H,5-6H2,1-4H3. The first-order valence-corrected chi connectivity index (χ1v) is 3.87. The Bertz CT molecular complexity index is 91.3. The van der Waals surface area contributed by atoms with E-state index in [-0.39, 0.29) is 0 Å². The molecule has 0 spiro atoms. The first-order valence-electron chi connectivity index (χ1n) is 3.87. The van der Waals surface area contributed by atoms with Gasteiger partial charge in [0.2, 0.25) is 0 Å². The minimum Gasteiger partial charge on any atom is -0.310 e. The summed E-state index contributed by atoms with van der Waals surface area (Å²) in [6.07, 6.45) is 1.84. The molecule has 0 aromatic heterocycles. The summed E-state index contributed by atoms with van der Waals surface area (Å²) < 4.78 is 0. The fraction of sp³-hybridized carbons (Fsp3) is 0.778. The van der Waals surface area contributed by atoms with Crippen LogP contribution in [0.2, 0.25) is 0 Å². The third kappa shape index (κ3) is 5.80. The van der Waals surface area contributed by atoms with Crippen LogP contribution in [0.25, 0.3) is 0 Å². The van der Waals surface area contributed by atoms with Gasteiger partial charge in [-0.05, 0) is 24.7 Å². The third-order valence-corrected chi connectivity index (χ3v) is 1.22. The molecule has 1 N–H and O–H groups in total. The van der Waals surface area contributed by atoms with Crippen LogP contribution in [-0.4, -0.2) is 5.71 Å². The molecule has 0 aromatic rings. The van der Waals surface area contributed by atoms with Gasteiger partial charge in [0.1, 0.15) is 0 Å².